The maximum Gasteiger partial charge on any atom is 0.244 e. The van der Waals surface area contributed by atoms with E-state index in [1.54, 1.807) is 39.1 Å². The van der Waals surface area contributed by atoms with E-state index in [2.05, 4.69) is 10.1 Å². The summed E-state index contributed by atoms with van der Waals surface area (Å²) >= 11 is 0. The number of aromatic nitrogens is 4. The Morgan fingerprint density at radius 1 is 1.26 bits per heavy atom. The van der Waals surface area contributed by atoms with Crippen LogP contribution in [0.2, 0.25) is 0 Å². The summed E-state index contributed by atoms with van der Waals surface area (Å²) < 4.78 is 29.6. The summed E-state index contributed by atoms with van der Waals surface area (Å²) in [6, 6.07) is 5.27. The van der Waals surface area contributed by atoms with Crippen LogP contribution in [0.4, 0.5) is 14.7 Å². The van der Waals surface area contributed by atoms with Crippen molar-refractivity contribution in [3.8, 4) is 11.1 Å². The lowest BCUT2D eigenvalue weighted by Gasteiger charge is -2.33. The van der Waals surface area contributed by atoms with Gasteiger partial charge in [0, 0.05) is 68.9 Å². The van der Waals surface area contributed by atoms with E-state index in [-0.39, 0.29) is 23.9 Å². The van der Waals surface area contributed by atoms with Gasteiger partial charge in [-0.3, -0.25) is 9.48 Å². The van der Waals surface area contributed by atoms with Crippen LogP contribution >= 0.6 is 0 Å². The van der Waals surface area contributed by atoms with Crippen molar-refractivity contribution in [3.05, 3.63) is 60.2 Å². The molecule has 0 bridgehead atoms. The quantitative estimate of drug-likeness (QED) is 0.627. The van der Waals surface area contributed by atoms with Gasteiger partial charge in [0.1, 0.15) is 18.2 Å². The normalized spacial score (nSPS) is 16.4. The minimum Gasteiger partial charge on any atom is -0.347 e. The molecule has 1 fully saturated rings. The maximum absolute atomic E-state index is 14.6. The van der Waals surface area contributed by atoms with Gasteiger partial charge in [0.2, 0.25) is 11.9 Å². The molecule has 0 spiro atoms. The molecule has 0 unspecified atom stereocenters. The van der Waals surface area contributed by atoms with Crippen LogP contribution in [0.3, 0.4) is 0 Å². The van der Waals surface area contributed by atoms with Gasteiger partial charge >= 0.3 is 0 Å². The molecule has 0 aliphatic carbocycles. The van der Waals surface area contributed by atoms with E-state index in [1.165, 1.54) is 12.1 Å². The SMILES string of the molecule is CN(C)c1ncc(-c2ccc(F)cc2F)c([C@@H]2CCCN(C(=O)Cn3cccn3)C2)n1. The molecule has 4 rings (SSSR count). The minimum atomic E-state index is -0.662. The summed E-state index contributed by atoms with van der Waals surface area (Å²) in [5.74, 6) is -0.908. The summed E-state index contributed by atoms with van der Waals surface area (Å²) in [4.78, 5) is 25.4. The zero-order chi connectivity index (χ0) is 22.0. The highest BCUT2D eigenvalue weighted by molar-refractivity contribution is 5.76. The van der Waals surface area contributed by atoms with E-state index < -0.39 is 11.6 Å². The second-order valence-corrected chi connectivity index (χ2v) is 7.87. The molecular formula is C22H24F2N6O. The zero-order valence-corrected chi connectivity index (χ0v) is 17.5. The third kappa shape index (κ3) is 4.55. The van der Waals surface area contributed by atoms with Crippen LogP contribution in [0.25, 0.3) is 11.1 Å². The van der Waals surface area contributed by atoms with Crippen molar-refractivity contribution in [2.45, 2.75) is 25.3 Å². The minimum absolute atomic E-state index is 0.0233. The Morgan fingerprint density at radius 3 is 2.81 bits per heavy atom. The third-order valence-corrected chi connectivity index (χ3v) is 5.44. The number of amides is 1. The maximum atomic E-state index is 14.6. The van der Waals surface area contributed by atoms with E-state index >= 15 is 0 Å². The fraction of sp³-hybridized carbons (Fsp3) is 0.364. The van der Waals surface area contributed by atoms with Crippen LogP contribution in [-0.4, -0.2) is 57.7 Å². The zero-order valence-electron chi connectivity index (χ0n) is 17.5. The predicted molar refractivity (Wildman–Crippen MR) is 112 cm³/mol. The number of nitrogens with zero attached hydrogens (tertiary/aromatic N) is 6. The van der Waals surface area contributed by atoms with Crippen molar-refractivity contribution in [2.75, 3.05) is 32.1 Å². The van der Waals surface area contributed by atoms with Crippen LogP contribution in [0.1, 0.15) is 24.5 Å². The van der Waals surface area contributed by atoms with Gasteiger partial charge < -0.3 is 9.80 Å². The van der Waals surface area contributed by atoms with Gasteiger partial charge in [-0.15, -0.1) is 0 Å². The van der Waals surface area contributed by atoms with Crippen molar-refractivity contribution in [1.29, 1.82) is 0 Å². The molecule has 1 atom stereocenters. The fourth-order valence-electron chi connectivity index (χ4n) is 3.89. The number of benzene rings is 1. The summed E-state index contributed by atoms with van der Waals surface area (Å²) in [7, 11) is 3.66. The van der Waals surface area contributed by atoms with Crippen molar-refractivity contribution >= 4 is 11.9 Å². The lowest BCUT2D eigenvalue weighted by Crippen LogP contribution is -2.41. The number of likely N-dealkylation sites (tertiary alicyclic amines) is 1. The number of carbonyl (C=O) groups is 1. The van der Waals surface area contributed by atoms with Gasteiger partial charge in [0.25, 0.3) is 0 Å². The Bertz CT molecular complexity index is 1070. The van der Waals surface area contributed by atoms with Crippen LogP contribution < -0.4 is 4.90 Å². The molecule has 0 N–H and O–H groups in total. The molecule has 1 saturated heterocycles. The molecule has 0 radical (unpaired) electrons. The number of hydrogen-bond acceptors (Lipinski definition) is 5. The Hall–Kier alpha value is -3.36. The Balaban J connectivity index is 1.66. The fourth-order valence-corrected chi connectivity index (χ4v) is 3.89. The predicted octanol–water partition coefficient (Wildman–Crippen LogP) is 3.09. The first kappa shape index (κ1) is 20.9. The second-order valence-electron chi connectivity index (χ2n) is 7.87. The number of hydrogen-bond donors (Lipinski definition) is 0. The Kier molecular flexibility index (Phi) is 5.92. The molecule has 9 heteroatoms. The molecule has 3 heterocycles. The first-order valence-electron chi connectivity index (χ1n) is 10.2. The van der Waals surface area contributed by atoms with Crippen LogP contribution in [-0.2, 0) is 11.3 Å². The van der Waals surface area contributed by atoms with E-state index in [0.717, 1.165) is 18.9 Å². The summed E-state index contributed by atoms with van der Waals surface area (Å²) in [5.41, 5.74) is 1.44. The molecule has 31 heavy (non-hydrogen) atoms. The highest BCUT2D eigenvalue weighted by Crippen LogP contribution is 2.35. The number of rotatable bonds is 5. The molecular weight excluding hydrogens is 402 g/mol. The van der Waals surface area contributed by atoms with Crippen molar-refractivity contribution < 1.29 is 13.6 Å². The van der Waals surface area contributed by atoms with E-state index in [9.17, 15) is 13.6 Å². The largest absolute Gasteiger partial charge is 0.347 e. The number of halogens is 2. The lowest BCUT2D eigenvalue weighted by atomic mass is 9.89. The van der Waals surface area contributed by atoms with Crippen LogP contribution in [0.5, 0.6) is 0 Å². The van der Waals surface area contributed by atoms with Gasteiger partial charge in [0.05, 0.1) is 5.69 Å². The average Bonchev–Trinajstić information content (AvgIpc) is 3.26. The summed E-state index contributed by atoms with van der Waals surface area (Å²) in [6.07, 6.45) is 6.59. The monoisotopic (exact) mass is 426 g/mol. The smallest absolute Gasteiger partial charge is 0.244 e. The van der Waals surface area contributed by atoms with E-state index in [0.29, 0.717) is 30.3 Å². The van der Waals surface area contributed by atoms with E-state index in [4.69, 9.17) is 4.98 Å². The van der Waals surface area contributed by atoms with E-state index in [1.807, 2.05) is 14.1 Å². The summed E-state index contributed by atoms with van der Waals surface area (Å²) in [5, 5.41) is 4.10. The Labute approximate surface area is 179 Å². The van der Waals surface area contributed by atoms with Gasteiger partial charge in [-0.1, -0.05) is 0 Å². The number of anilines is 1. The first-order valence-corrected chi connectivity index (χ1v) is 10.2. The molecule has 162 valence electrons. The first-order chi connectivity index (χ1) is 14.9. The molecule has 1 amide bonds. The van der Waals surface area contributed by atoms with Gasteiger partial charge in [-0.05, 0) is 31.0 Å². The lowest BCUT2D eigenvalue weighted by molar-refractivity contribution is -0.133. The number of piperidine rings is 1. The van der Waals surface area contributed by atoms with Crippen LogP contribution in [0.15, 0.2) is 42.9 Å². The highest BCUT2D eigenvalue weighted by atomic mass is 19.1. The van der Waals surface area contributed by atoms with Crippen molar-refractivity contribution in [3.63, 3.8) is 0 Å². The van der Waals surface area contributed by atoms with Crippen LogP contribution in [0, 0.1) is 11.6 Å². The van der Waals surface area contributed by atoms with Gasteiger partial charge in [-0.25, -0.2) is 18.7 Å². The van der Waals surface area contributed by atoms with Crippen molar-refractivity contribution in [2.24, 2.45) is 0 Å². The van der Waals surface area contributed by atoms with Gasteiger partial charge in [0.15, 0.2) is 0 Å². The standard InChI is InChI=1S/C22H24F2N6O/c1-28(2)22-25-12-18(17-7-6-16(23)11-19(17)24)21(27-22)15-5-3-9-29(13-15)20(31)14-30-10-4-8-26-30/h4,6-8,10-12,15H,3,5,9,13-14H2,1-2H3/t15-/m1/s1. The average molecular weight is 426 g/mol. The summed E-state index contributed by atoms with van der Waals surface area (Å²) in [6.45, 7) is 1.30. The molecule has 3 aromatic rings. The third-order valence-electron chi connectivity index (χ3n) is 5.44. The Morgan fingerprint density at radius 2 is 2.10 bits per heavy atom. The van der Waals surface area contributed by atoms with Gasteiger partial charge in [-0.2, -0.15) is 5.10 Å². The molecule has 1 aliphatic rings. The topological polar surface area (TPSA) is 67.2 Å². The molecule has 0 saturated carbocycles. The number of carbonyl (C=O) groups excluding carboxylic acids is 1. The molecule has 7 nitrogen and oxygen atoms in total. The second kappa shape index (κ2) is 8.79. The highest BCUT2D eigenvalue weighted by Gasteiger charge is 2.29. The molecule has 2 aromatic heterocycles. The molecule has 1 aliphatic heterocycles. The molecule has 1 aromatic carbocycles. The van der Waals surface area contributed by atoms with Crippen molar-refractivity contribution in [1.82, 2.24) is 24.6 Å².